The minimum Gasteiger partial charge on any atom is -0.399 e. The lowest BCUT2D eigenvalue weighted by Gasteiger charge is -2.11. The van der Waals surface area contributed by atoms with Crippen LogP contribution in [0.4, 0.5) is 11.4 Å². The van der Waals surface area contributed by atoms with E-state index >= 15 is 0 Å². The van der Waals surface area contributed by atoms with Gasteiger partial charge in [0.15, 0.2) is 0 Å². The summed E-state index contributed by atoms with van der Waals surface area (Å²) in [4.78, 5) is 24.2. The molecule has 8 heteroatoms. The average molecular weight is 801 g/mol. The van der Waals surface area contributed by atoms with Gasteiger partial charge in [0.1, 0.15) is 0 Å². The number of nitrogens with two attached hydrogens (primary N) is 2. The van der Waals surface area contributed by atoms with Crippen LogP contribution in [0, 0.1) is 0 Å². The van der Waals surface area contributed by atoms with Crippen LogP contribution in [0.2, 0.25) is 0 Å². The van der Waals surface area contributed by atoms with Crippen molar-refractivity contribution in [2.75, 3.05) is 11.5 Å². The van der Waals surface area contributed by atoms with Gasteiger partial charge in [0, 0.05) is 103 Å². The molecule has 4 aromatic carbocycles. The van der Waals surface area contributed by atoms with E-state index in [0.29, 0.717) is 0 Å². The first-order valence-electron chi connectivity index (χ1n) is 20.5. The molecule has 6 aromatic heterocycles. The Morgan fingerprint density at radius 3 is 0.774 bits per heavy atom. The van der Waals surface area contributed by atoms with Crippen molar-refractivity contribution in [1.29, 1.82) is 0 Å². The van der Waals surface area contributed by atoms with Crippen LogP contribution in [0.15, 0.2) is 195 Å². The predicted octanol–water partition coefficient (Wildman–Crippen LogP) is 7.59. The Hall–Kier alpha value is -8.62. The summed E-state index contributed by atoms with van der Waals surface area (Å²) in [6.45, 7) is 0. The van der Waals surface area contributed by atoms with Crippen LogP contribution in [0.5, 0.6) is 0 Å². The summed E-state index contributed by atoms with van der Waals surface area (Å²) >= 11 is 0. The molecule has 8 bridgehead atoms. The molecular weight excluding hydrogens is 761 g/mol. The average Bonchev–Trinajstić information content (AvgIpc) is 4.17. The third-order valence-corrected chi connectivity index (χ3v) is 11.7. The zero-order valence-electron chi connectivity index (χ0n) is 33.5. The van der Waals surface area contributed by atoms with Crippen LogP contribution in [-0.2, 0) is 0 Å². The van der Waals surface area contributed by atoms with Crippen molar-refractivity contribution in [3.63, 3.8) is 0 Å². The maximum atomic E-state index is 6.03. The van der Waals surface area contributed by atoms with Crippen LogP contribution < -0.4 is 32.9 Å². The van der Waals surface area contributed by atoms with E-state index in [9.17, 15) is 0 Å². The maximum absolute atomic E-state index is 6.03. The van der Waals surface area contributed by atoms with Gasteiger partial charge in [-0.1, -0.05) is 72.8 Å². The van der Waals surface area contributed by atoms with E-state index in [-0.39, 0.29) is 0 Å². The summed E-state index contributed by atoms with van der Waals surface area (Å²) in [6.07, 6.45) is 7.35. The Bertz CT molecular complexity index is 3250. The normalized spacial score (nSPS) is 12.5. The van der Waals surface area contributed by atoms with E-state index in [1.165, 1.54) is 0 Å². The molecule has 0 unspecified atom stereocenters. The molecule has 11 rings (SSSR count). The molecule has 8 nitrogen and oxygen atoms in total. The number of pyridine rings is 2. The molecule has 7 heterocycles. The lowest BCUT2D eigenvalue weighted by atomic mass is 9.98. The van der Waals surface area contributed by atoms with Gasteiger partial charge in [0.2, 0.25) is 0 Å². The van der Waals surface area contributed by atoms with Crippen molar-refractivity contribution in [3.05, 3.63) is 261 Å². The fraction of sp³-hybridized carbons (Fsp3) is 0. The SMILES string of the molecule is Nc1ccc(-c2ccc(C3=c4ccc([nH]4)=C(c4ccncc4)c4ccc([nH]4)C(c4ccncc4)=c4ccc([nH]4)=C(c4ccc(-c5ccc(N)cc5)cc4)c4ccc3[nH]4)cc2)cc1. The molecule has 0 fully saturated rings. The predicted molar refractivity (Wildman–Crippen MR) is 249 cm³/mol. The van der Waals surface area contributed by atoms with Crippen LogP contribution in [-0.4, -0.2) is 29.9 Å². The van der Waals surface area contributed by atoms with Crippen molar-refractivity contribution in [3.8, 4) is 22.3 Å². The van der Waals surface area contributed by atoms with Gasteiger partial charge < -0.3 is 31.4 Å². The lowest BCUT2D eigenvalue weighted by Crippen LogP contribution is -2.19. The van der Waals surface area contributed by atoms with Gasteiger partial charge in [-0.2, -0.15) is 0 Å². The minimum atomic E-state index is 0.743. The summed E-state index contributed by atoms with van der Waals surface area (Å²) in [5.74, 6) is 0. The first kappa shape index (κ1) is 36.5. The van der Waals surface area contributed by atoms with Gasteiger partial charge >= 0.3 is 0 Å². The van der Waals surface area contributed by atoms with Gasteiger partial charge in [-0.05, 0) is 142 Å². The molecule has 0 spiro atoms. The number of hydrogen-bond donors (Lipinski definition) is 6. The van der Waals surface area contributed by atoms with Crippen LogP contribution in [0.25, 0.3) is 44.5 Å². The molecule has 0 aliphatic carbocycles. The Morgan fingerprint density at radius 1 is 0.242 bits per heavy atom. The quantitative estimate of drug-likeness (QED) is 0.0965. The first-order valence-corrected chi connectivity index (χ1v) is 20.5. The van der Waals surface area contributed by atoms with E-state index in [1.807, 2.05) is 49.1 Å². The van der Waals surface area contributed by atoms with E-state index in [4.69, 9.17) is 11.5 Å². The molecule has 0 amide bonds. The molecule has 62 heavy (non-hydrogen) atoms. The van der Waals surface area contributed by atoms with Crippen molar-refractivity contribution >= 4 is 33.7 Å². The van der Waals surface area contributed by atoms with Gasteiger partial charge in [-0.25, -0.2) is 0 Å². The minimum absolute atomic E-state index is 0.743. The lowest BCUT2D eigenvalue weighted by molar-refractivity contribution is 1.18. The number of hydrogen-bond acceptors (Lipinski definition) is 4. The number of nitrogens with zero attached hydrogens (tertiary/aromatic N) is 2. The number of rotatable bonds is 6. The van der Waals surface area contributed by atoms with Gasteiger partial charge in [-0.15, -0.1) is 0 Å². The highest BCUT2D eigenvalue weighted by molar-refractivity contribution is 5.85. The fourth-order valence-corrected chi connectivity index (χ4v) is 8.62. The molecule has 1 aliphatic heterocycles. The topological polar surface area (TPSA) is 141 Å². The second-order valence-electron chi connectivity index (χ2n) is 15.5. The largest absolute Gasteiger partial charge is 0.399 e. The Labute approximate surface area is 357 Å². The molecule has 0 saturated carbocycles. The number of aromatic nitrogens is 6. The molecule has 10 aromatic rings. The number of fused-ring (bicyclic) bond motifs is 8. The number of aromatic amines is 4. The third-order valence-electron chi connectivity index (χ3n) is 11.7. The van der Waals surface area contributed by atoms with Crippen molar-refractivity contribution in [1.82, 2.24) is 29.9 Å². The zero-order valence-corrected chi connectivity index (χ0v) is 33.5. The molecule has 0 radical (unpaired) electrons. The number of nitrogens with one attached hydrogen (secondary N) is 4. The molecule has 1 aliphatic rings. The highest BCUT2D eigenvalue weighted by atomic mass is 14.8. The van der Waals surface area contributed by atoms with Gasteiger partial charge in [0.25, 0.3) is 0 Å². The fourth-order valence-electron chi connectivity index (χ4n) is 8.62. The number of H-pyrrole nitrogens is 4. The standard InChI is InChI=1S/C54H40N8/c55-41-13-9-35(10-14-41)33-1-5-37(6-2-33)51-43-17-18-44(59-43)52(38-7-3-34(4-8-38)36-11-15-42(56)16-12-36)46-20-22-48(61-46)54(40-27-31-58-32-28-40)50-24-23-49(62-50)53(39-25-29-57-30-26-39)47-21-19-45(51)60-47/h1-32,59-62H,55-56H2. The van der Waals surface area contributed by atoms with E-state index in [2.05, 4.69) is 175 Å². The highest BCUT2D eigenvalue weighted by Crippen LogP contribution is 2.30. The Balaban J connectivity index is 1.19. The molecule has 296 valence electrons. The maximum Gasteiger partial charge on any atom is 0.0485 e. The van der Waals surface area contributed by atoms with Crippen LogP contribution in [0.3, 0.4) is 0 Å². The van der Waals surface area contributed by atoms with Gasteiger partial charge in [-0.3, -0.25) is 9.97 Å². The van der Waals surface area contributed by atoms with Gasteiger partial charge in [0.05, 0.1) is 0 Å². The molecule has 8 N–H and O–H groups in total. The summed E-state index contributed by atoms with van der Waals surface area (Å²) in [7, 11) is 0. The third kappa shape index (κ3) is 6.71. The van der Waals surface area contributed by atoms with E-state index in [1.54, 1.807) is 0 Å². The molecule has 0 atom stereocenters. The van der Waals surface area contributed by atoms with E-state index in [0.717, 1.165) is 122 Å². The highest BCUT2D eigenvalue weighted by Gasteiger charge is 2.19. The second kappa shape index (κ2) is 15.2. The first-order chi connectivity index (χ1) is 30.5. The monoisotopic (exact) mass is 800 g/mol. The van der Waals surface area contributed by atoms with Crippen molar-refractivity contribution in [2.24, 2.45) is 0 Å². The van der Waals surface area contributed by atoms with Crippen LogP contribution >= 0.6 is 0 Å². The zero-order chi connectivity index (χ0) is 41.6. The Kier molecular flexibility index (Phi) is 8.94. The number of anilines is 2. The smallest absolute Gasteiger partial charge is 0.0485 e. The van der Waals surface area contributed by atoms with E-state index < -0.39 is 0 Å². The van der Waals surface area contributed by atoms with Crippen molar-refractivity contribution < 1.29 is 0 Å². The molecule has 0 saturated heterocycles. The summed E-state index contributed by atoms with van der Waals surface area (Å²) in [5.41, 5.74) is 30.2. The summed E-state index contributed by atoms with van der Waals surface area (Å²) < 4.78 is 0. The number of benzene rings is 4. The Morgan fingerprint density at radius 2 is 0.484 bits per heavy atom. The van der Waals surface area contributed by atoms with Crippen LogP contribution in [0.1, 0.15) is 45.0 Å². The molecular formula is C54H40N8. The second-order valence-corrected chi connectivity index (χ2v) is 15.5. The summed E-state index contributed by atoms with van der Waals surface area (Å²) in [5, 5.41) is 3.88. The number of nitrogen functional groups attached to an aromatic ring is 2. The summed E-state index contributed by atoms with van der Waals surface area (Å²) in [6, 6.07) is 59.0. The van der Waals surface area contributed by atoms with Crippen molar-refractivity contribution in [2.45, 2.75) is 0 Å².